The summed E-state index contributed by atoms with van der Waals surface area (Å²) in [4.78, 5) is 12.8. The summed E-state index contributed by atoms with van der Waals surface area (Å²) in [5.41, 5.74) is -0.0957. The molecule has 1 spiro atoms. The Hall–Kier alpha value is -0.620. The third-order valence-corrected chi connectivity index (χ3v) is 5.26. The van der Waals surface area contributed by atoms with Crippen molar-refractivity contribution in [3.8, 4) is 0 Å². The van der Waals surface area contributed by atoms with Gasteiger partial charge in [-0.3, -0.25) is 4.79 Å². The van der Waals surface area contributed by atoms with E-state index < -0.39 is 0 Å². The largest absolute Gasteiger partial charge is 0.381 e. The van der Waals surface area contributed by atoms with E-state index in [1.165, 1.54) is 11.3 Å². The van der Waals surface area contributed by atoms with E-state index in [2.05, 4.69) is 5.32 Å². The van der Waals surface area contributed by atoms with Gasteiger partial charge in [-0.05, 0) is 37.8 Å². The Kier molecular flexibility index (Phi) is 4.31. The molecule has 0 bridgehead atoms. The molecule has 110 valence electrons. The zero-order chi connectivity index (χ0) is 14.0. The first-order chi connectivity index (χ1) is 9.67. The molecule has 2 aliphatic heterocycles. The number of hydrogen-bond donors (Lipinski definition) is 1. The number of carbonyl (C=O) groups excluding carboxylic acids is 1. The number of hydrogen-bond acceptors (Lipinski definition) is 4. The fraction of sp³-hybridized carbons (Fsp3) is 0.643. The lowest BCUT2D eigenvalue weighted by Crippen LogP contribution is -2.50. The van der Waals surface area contributed by atoms with Gasteiger partial charge in [-0.1, -0.05) is 11.6 Å². The Morgan fingerprint density at radius 1 is 1.35 bits per heavy atom. The lowest BCUT2D eigenvalue weighted by atomic mass is 9.84. The fourth-order valence-corrected chi connectivity index (χ4v) is 3.88. The summed E-state index contributed by atoms with van der Waals surface area (Å²) in [5.74, 6) is -0.0315. The SMILES string of the molecule is O=C(NC1CCOC2(CCOCC2)C1)c1ccc(Cl)s1. The molecule has 0 saturated carbocycles. The van der Waals surface area contributed by atoms with Crippen molar-refractivity contribution < 1.29 is 14.3 Å². The van der Waals surface area contributed by atoms with Crippen LogP contribution in [0.15, 0.2) is 12.1 Å². The maximum absolute atomic E-state index is 12.2. The van der Waals surface area contributed by atoms with E-state index in [-0.39, 0.29) is 17.6 Å². The molecule has 1 aromatic heterocycles. The zero-order valence-corrected chi connectivity index (χ0v) is 12.8. The van der Waals surface area contributed by atoms with E-state index in [0.717, 1.165) is 38.9 Å². The molecule has 0 aromatic carbocycles. The highest BCUT2D eigenvalue weighted by Gasteiger charge is 2.39. The summed E-state index contributed by atoms with van der Waals surface area (Å²) in [7, 11) is 0. The molecule has 1 N–H and O–H groups in total. The average Bonchev–Trinajstić information content (AvgIpc) is 2.86. The van der Waals surface area contributed by atoms with Crippen LogP contribution in [0.25, 0.3) is 0 Å². The first-order valence-electron chi connectivity index (χ1n) is 6.95. The van der Waals surface area contributed by atoms with Crippen molar-refractivity contribution in [3.05, 3.63) is 21.3 Å². The van der Waals surface area contributed by atoms with E-state index in [1.54, 1.807) is 12.1 Å². The molecule has 3 rings (SSSR count). The number of amides is 1. The van der Waals surface area contributed by atoms with Crippen LogP contribution in [0.5, 0.6) is 0 Å². The van der Waals surface area contributed by atoms with Gasteiger partial charge in [-0.2, -0.15) is 0 Å². The first-order valence-corrected chi connectivity index (χ1v) is 8.14. The summed E-state index contributed by atoms with van der Waals surface area (Å²) < 4.78 is 12.0. The summed E-state index contributed by atoms with van der Waals surface area (Å²) in [6.07, 6.45) is 3.59. The minimum atomic E-state index is -0.0957. The van der Waals surface area contributed by atoms with Gasteiger partial charge in [0.2, 0.25) is 0 Å². The molecule has 4 nitrogen and oxygen atoms in total. The van der Waals surface area contributed by atoms with Crippen molar-refractivity contribution >= 4 is 28.8 Å². The van der Waals surface area contributed by atoms with Crippen molar-refractivity contribution in [2.45, 2.75) is 37.3 Å². The van der Waals surface area contributed by atoms with Crippen molar-refractivity contribution in [1.82, 2.24) is 5.32 Å². The standard InChI is InChI=1S/C14H18ClNO3S/c15-12-2-1-11(20-12)13(17)16-10-3-6-19-14(9-10)4-7-18-8-5-14/h1-2,10H,3-9H2,(H,16,17). The Morgan fingerprint density at radius 3 is 2.85 bits per heavy atom. The number of thiophene rings is 1. The third kappa shape index (κ3) is 3.17. The van der Waals surface area contributed by atoms with Crippen molar-refractivity contribution in [2.24, 2.45) is 0 Å². The average molecular weight is 316 g/mol. The molecule has 0 aliphatic carbocycles. The second-order valence-corrected chi connectivity index (χ2v) is 7.13. The molecule has 1 amide bonds. The predicted molar refractivity (Wildman–Crippen MR) is 78.6 cm³/mol. The van der Waals surface area contributed by atoms with E-state index in [9.17, 15) is 4.79 Å². The topological polar surface area (TPSA) is 47.6 Å². The van der Waals surface area contributed by atoms with Crippen LogP contribution in [0.1, 0.15) is 35.4 Å². The van der Waals surface area contributed by atoms with Gasteiger partial charge in [0, 0.05) is 25.9 Å². The lowest BCUT2D eigenvalue weighted by molar-refractivity contribution is -0.139. The molecular formula is C14H18ClNO3S. The quantitative estimate of drug-likeness (QED) is 0.913. The Bertz CT molecular complexity index is 479. The maximum atomic E-state index is 12.2. The second-order valence-electron chi connectivity index (χ2n) is 5.41. The van der Waals surface area contributed by atoms with E-state index in [0.29, 0.717) is 15.8 Å². The predicted octanol–water partition coefficient (Wildman–Crippen LogP) is 2.86. The highest BCUT2D eigenvalue weighted by atomic mass is 35.5. The summed E-state index contributed by atoms with van der Waals surface area (Å²) in [6.45, 7) is 2.21. The molecular weight excluding hydrogens is 298 g/mol. The third-order valence-electron chi connectivity index (χ3n) is 4.03. The second kappa shape index (κ2) is 6.02. The van der Waals surface area contributed by atoms with Gasteiger partial charge in [-0.25, -0.2) is 0 Å². The monoisotopic (exact) mass is 315 g/mol. The minimum absolute atomic E-state index is 0.0315. The van der Waals surface area contributed by atoms with Gasteiger partial charge < -0.3 is 14.8 Å². The van der Waals surface area contributed by atoms with Crippen LogP contribution in [-0.2, 0) is 9.47 Å². The molecule has 2 aliphatic rings. The summed E-state index contributed by atoms with van der Waals surface area (Å²) in [5, 5.41) is 3.11. The van der Waals surface area contributed by atoms with Crippen LogP contribution in [0.4, 0.5) is 0 Å². The van der Waals surface area contributed by atoms with Crippen LogP contribution >= 0.6 is 22.9 Å². The number of carbonyl (C=O) groups is 1. The normalized spacial score (nSPS) is 25.6. The Morgan fingerprint density at radius 2 is 2.15 bits per heavy atom. The molecule has 1 aromatic rings. The van der Waals surface area contributed by atoms with Gasteiger partial charge in [0.25, 0.3) is 5.91 Å². The van der Waals surface area contributed by atoms with Gasteiger partial charge in [-0.15, -0.1) is 11.3 Å². The van der Waals surface area contributed by atoms with E-state index in [1.807, 2.05) is 0 Å². The number of ether oxygens (including phenoxy) is 2. The van der Waals surface area contributed by atoms with Crippen molar-refractivity contribution in [1.29, 1.82) is 0 Å². The zero-order valence-electron chi connectivity index (χ0n) is 11.2. The molecule has 1 atom stereocenters. The minimum Gasteiger partial charge on any atom is -0.381 e. The molecule has 2 fully saturated rings. The van der Waals surface area contributed by atoms with Gasteiger partial charge >= 0.3 is 0 Å². The van der Waals surface area contributed by atoms with E-state index in [4.69, 9.17) is 21.1 Å². The molecule has 6 heteroatoms. The highest BCUT2D eigenvalue weighted by molar-refractivity contribution is 7.17. The molecule has 2 saturated heterocycles. The number of rotatable bonds is 2. The lowest BCUT2D eigenvalue weighted by Gasteiger charge is -2.43. The van der Waals surface area contributed by atoms with Crippen LogP contribution in [0.3, 0.4) is 0 Å². The van der Waals surface area contributed by atoms with Gasteiger partial charge in [0.15, 0.2) is 0 Å². The number of nitrogens with one attached hydrogen (secondary N) is 1. The highest BCUT2D eigenvalue weighted by Crippen LogP contribution is 2.34. The van der Waals surface area contributed by atoms with Crippen LogP contribution < -0.4 is 5.32 Å². The fourth-order valence-electron chi connectivity index (χ4n) is 2.94. The summed E-state index contributed by atoms with van der Waals surface area (Å²) >= 11 is 7.18. The number of halogens is 1. The van der Waals surface area contributed by atoms with Gasteiger partial charge in [0.1, 0.15) is 0 Å². The smallest absolute Gasteiger partial charge is 0.261 e. The van der Waals surface area contributed by atoms with Crippen LogP contribution in [0, 0.1) is 0 Å². The summed E-state index contributed by atoms with van der Waals surface area (Å²) in [6, 6.07) is 3.70. The Balaban J connectivity index is 1.61. The Labute approximate surface area is 127 Å². The maximum Gasteiger partial charge on any atom is 0.261 e. The molecule has 0 radical (unpaired) electrons. The molecule has 20 heavy (non-hydrogen) atoms. The van der Waals surface area contributed by atoms with Crippen LogP contribution in [-0.4, -0.2) is 37.4 Å². The first kappa shape index (κ1) is 14.3. The van der Waals surface area contributed by atoms with E-state index >= 15 is 0 Å². The molecule has 1 unspecified atom stereocenters. The van der Waals surface area contributed by atoms with Crippen LogP contribution in [0.2, 0.25) is 4.34 Å². The van der Waals surface area contributed by atoms with Crippen molar-refractivity contribution in [2.75, 3.05) is 19.8 Å². The van der Waals surface area contributed by atoms with Gasteiger partial charge in [0.05, 0.1) is 14.8 Å². The molecule has 3 heterocycles. The van der Waals surface area contributed by atoms with Crippen molar-refractivity contribution in [3.63, 3.8) is 0 Å².